The fraction of sp³-hybridized carbons (Fsp3) is 0.0833. The van der Waals surface area contributed by atoms with Crippen LogP contribution >= 0.6 is 0 Å². The van der Waals surface area contributed by atoms with Crippen molar-refractivity contribution in [1.29, 1.82) is 0 Å². The van der Waals surface area contributed by atoms with Crippen LogP contribution in [0.25, 0.3) is 0 Å². The maximum absolute atomic E-state index is 8.92. The van der Waals surface area contributed by atoms with Gasteiger partial charge in [0.25, 0.3) is 0 Å². The van der Waals surface area contributed by atoms with Crippen molar-refractivity contribution in [2.45, 2.75) is 6.42 Å². The van der Waals surface area contributed by atoms with Crippen LogP contribution in [0.5, 0.6) is 0 Å². The van der Waals surface area contributed by atoms with Gasteiger partial charge in [0, 0.05) is 0 Å². The first-order valence-corrected chi connectivity index (χ1v) is 4.69. The zero-order valence-electron chi connectivity index (χ0n) is 8.13. The molecule has 0 atom stereocenters. The van der Waals surface area contributed by atoms with Gasteiger partial charge in [0.1, 0.15) is 5.76 Å². The second-order valence-corrected chi connectivity index (χ2v) is 3.17. The Morgan fingerprint density at radius 1 is 1.13 bits per heavy atom. The Hall–Kier alpha value is -2.03. The molecule has 1 heterocycles. The lowest BCUT2D eigenvalue weighted by atomic mass is 10.1. The van der Waals surface area contributed by atoms with Crippen LogP contribution in [0.1, 0.15) is 11.3 Å². The first-order chi connectivity index (χ1) is 7.40. The van der Waals surface area contributed by atoms with E-state index >= 15 is 0 Å². The number of hydrogen-bond donors (Lipinski definition) is 1. The van der Waals surface area contributed by atoms with E-state index in [1.165, 1.54) is 0 Å². The largest absolute Gasteiger partial charge is 0.469 e. The number of furan rings is 1. The smallest absolute Gasteiger partial charge is 0.109 e. The molecule has 0 aliphatic heterocycles. The highest BCUT2D eigenvalue weighted by Crippen LogP contribution is 2.08. The highest BCUT2D eigenvalue weighted by Gasteiger charge is 2.06. The van der Waals surface area contributed by atoms with Crippen molar-refractivity contribution >= 4 is 5.71 Å². The zero-order valence-corrected chi connectivity index (χ0v) is 8.13. The Morgan fingerprint density at radius 2 is 1.93 bits per heavy atom. The number of hydrogen-bond acceptors (Lipinski definition) is 3. The van der Waals surface area contributed by atoms with Crippen molar-refractivity contribution in [1.82, 2.24) is 0 Å². The minimum absolute atomic E-state index is 0.494. The van der Waals surface area contributed by atoms with Crippen molar-refractivity contribution < 1.29 is 9.62 Å². The first-order valence-electron chi connectivity index (χ1n) is 4.69. The van der Waals surface area contributed by atoms with Crippen LogP contribution in [0, 0.1) is 0 Å². The molecule has 0 aliphatic carbocycles. The third-order valence-corrected chi connectivity index (χ3v) is 2.15. The lowest BCUT2D eigenvalue weighted by Crippen LogP contribution is -2.04. The molecule has 76 valence electrons. The van der Waals surface area contributed by atoms with E-state index in [2.05, 4.69) is 5.16 Å². The number of rotatable bonds is 3. The Morgan fingerprint density at radius 3 is 2.53 bits per heavy atom. The van der Waals surface area contributed by atoms with Gasteiger partial charge in [0.15, 0.2) is 0 Å². The summed E-state index contributed by atoms with van der Waals surface area (Å²) in [5, 5.41) is 12.2. The van der Waals surface area contributed by atoms with E-state index in [0.29, 0.717) is 12.1 Å². The van der Waals surface area contributed by atoms with Crippen molar-refractivity contribution in [3.8, 4) is 0 Å². The van der Waals surface area contributed by atoms with E-state index in [-0.39, 0.29) is 0 Å². The Bertz CT molecular complexity index is 432. The molecular formula is C12H11NO2. The summed E-state index contributed by atoms with van der Waals surface area (Å²) in [5.41, 5.74) is 1.50. The van der Waals surface area contributed by atoms with E-state index in [1.807, 2.05) is 42.5 Å². The molecule has 15 heavy (non-hydrogen) atoms. The predicted molar refractivity (Wildman–Crippen MR) is 57.2 cm³/mol. The normalized spacial score (nSPS) is 11.6. The van der Waals surface area contributed by atoms with Gasteiger partial charge in [-0.05, 0) is 17.7 Å². The quantitative estimate of drug-likeness (QED) is 0.471. The standard InChI is InChI=1S/C12H11NO2/c14-13-12(9-11-7-4-8-15-11)10-5-2-1-3-6-10/h1-8,14H,9H2. The van der Waals surface area contributed by atoms with Gasteiger partial charge in [0.2, 0.25) is 0 Å². The van der Waals surface area contributed by atoms with E-state index in [9.17, 15) is 0 Å². The van der Waals surface area contributed by atoms with Crippen LogP contribution in [0.4, 0.5) is 0 Å². The summed E-state index contributed by atoms with van der Waals surface area (Å²) < 4.78 is 5.20. The number of oxime groups is 1. The zero-order chi connectivity index (χ0) is 10.5. The topological polar surface area (TPSA) is 45.7 Å². The summed E-state index contributed by atoms with van der Waals surface area (Å²) in [6, 6.07) is 13.2. The summed E-state index contributed by atoms with van der Waals surface area (Å²) in [7, 11) is 0. The lowest BCUT2D eigenvalue weighted by molar-refractivity contribution is 0.318. The Balaban J connectivity index is 2.20. The number of benzene rings is 1. The van der Waals surface area contributed by atoms with Gasteiger partial charge >= 0.3 is 0 Å². The van der Waals surface area contributed by atoms with Gasteiger partial charge in [-0.3, -0.25) is 0 Å². The van der Waals surface area contributed by atoms with Crippen molar-refractivity contribution in [3.05, 3.63) is 60.1 Å². The molecule has 3 heteroatoms. The molecule has 3 nitrogen and oxygen atoms in total. The highest BCUT2D eigenvalue weighted by molar-refractivity contribution is 6.01. The summed E-state index contributed by atoms with van der Waals surface area (Å²) >= 11 is 0. The van der Waals surface area contributed by atoms with Gasteiger partial charge in [-0.2, -0.15) is 0 Å². The molecule has 1 aromatic heterocycles. The van der Waals surface area contributed by atoms with Crippen LogP contribution in [-0.2, 0) is 6.42 Å². The highest BCUT2D eigenvalue weighted by atomic mass is 16.4. The predicted octanol–water partition coefficient (Wildman–Crippen LogP) is 2.70. The molecule has 1 aromatic carbocycles. The molecule has 2 rings (SSSR count). The fourth-order valence-electron chi connectivity index (χ4n) is 1.40. The summed E-state index contributed by atoms with van der Waals surface area (Å²) in [4.78, 5) is 0. The molecule has 0 bridgehead atoms. The lowest BCUT2D eigenvalue weighted by Gasteiger charge is -2.01. The molecule has 0 unspecified atom stereocenters. The average Bonchev–Trinajstić information content (AvgIpc) is 2.80. The second-order valence-electron chi connectivity index (χ2n) is 3.17. The Kier molecular flexibility index (Phi) is 2.83. The van der Waals surface area contributed by atoms with Gasteiger partial charge in [0.05, 0.1) is 18.4 Å². The first kappa shape index (κ1) is 9.52. The maximum atomic E-state index is 8.92. The second kappa shape index (κ2) is 4.46. The van der Waals surface area contributed by atoms with Crippen LogP contribution in [-0.4, -0.2) is 10.9 Å². The van der Waals surface area contributed by atoms with Gasteiger partial charge in [-0.1, -0.05) is 35.5 Å². The SMILES string of the molecule is ON=C(Cc1ccco1)c1ccccc1. The molecule has 0 spiro atoms. The maximum Gasteiger partial charge on any atom is 0.109 e. The molecule has 0 saturated heterocycles. The van der Waals surface area contributed by atoms with Crippen LogP contribution in [0.2, 0.25) is 0 Å². The number of nitrogens with zero attached hydrogens (tertiary/aromatic N) is 1. The third-order valence-electron chi connectivity index (χ3n) is 2.15. The molecule has 0 radical (unpaired) electrons. The minimum atomic E-state index is 0.494. The molecule has 0 aliphatic rings. The van der Waals surface area contributed by atoms with Crippen molar-refractivity contribution in [2.75, 3.05) is 0 Å². The van der Waals surface area contributed by atoms with Crippen LogP contribution in [0.3, 0.4) is 0 Å². The molecular weight excluding hydrogens is 190 g/mol. The molecule has 0 amide bonds. The van der Waals surface area contributed by atoms with E-state index in [4.69, 9.17) is 9.62 Å². The molecule has 0 fully saturated rings. The Labute approximate surface area is 87.7 Å². The van der Waals surface area contributed by atoms with Crippen LogP contribution in [0.15, 0.2) is 58.3 Å². The average molecular weight is 201 g/mol. The third kappa shape index (κ3) is 2.26. The van der Waals surface area contributed by atoms with Gasteiger partial charge < -0.3 is 9.62 Å². The molecule has 1 N–H and O–H groups in total. The van der Waals surface area contributed by atoms with Crippen LogP contribution < -0.4 is 0 Å². The van der Waals surface area contributed by atoms with Gasteiger partial charge in [-0.15, -0.1) is 0 Å². The molecule has 0 saturated carbocycles. The van der Waals surface area contributed by atoms with Gasteiger partial charge in [-0.25, -0.2) is 0 Å². The monoisotopic (exact) mass is 201 g/mol. The summed E-state index contributed by atoms with van der Waals surface area (Å²) in [5.74, 6) is 0.784. The van der Waals surface area contributed by atoms with E-state index in [1.54, 1.807) is 6.26 Å². The van der Waals surface area contributed by atoms with E-state index < -0.39 is 0 Å². The van der Waals surface area contributed by atoms with E-state index in [0.717, 1.165) is 11.3 Å². The molecule has 2 aromatic rings. The minimum Gasteiger partial charge on any atom is -0.469 e. The van der Waals surface area contributed by atoms with Crippen molar-refractivity contribution in [2.24, 2.45) is 5.16 Å². The summed E-state index contributed by atoms with van der Waals surface area (Å²) in [6.07, 6.45) is 2.10. The summed E-state index contributed by atoms with van der Waals surface area (Å²) in [6.45, 7) is 0. The van der Waals surface area contributed by atoms with Crippen molar-refractivity contribution in [3.63, 3.8) is 0 Å². The fourth-order valence-corrected chi connectivity index (χ4v) is 1.40.